The van der Waals surface area contributed by atoms with Crippen molar-refractivity contribution in [1.82, 2.24) is 0 Å². The van der Waals surface area contributed by atoms with Crippen molar-refractivity contribution in [3.8, 4) is 0 Å². The van der Waals surface area contributed by atoms with Gasteiger partial charge in [0.15, 0.2) is 0 Å². The summed E-state index contributed by atoms with van der Waals surface area (Å²) in [5, 5.41) is 0. The van der Waals surface area contributed by atoms with E-state index in [0.717, 1.165) is 50.4 Å². The highest BCUT2D eigenvalue weighted by Crippen LogP contribution is 2.50. The van der Waals surface area contributed by atoms with Gasteiger partial charge in [-0.25, -0.2) is 0 Å². The second-order valence-corrected chi connectivity index (χ2v) is 9.00. The Kier molecular flexibility index (Phi) is 4.40. The van der Waals surface area contributed by atoms with Gasteiger partial charge in [-0.2, -0.15) is 0 Å². The Morgan fingerprint density at radius 1 is 0.880 bits per heavy atom. The molecule has 2 saturated carbocycles. The summed E-state index contributed by atoms with van der Waals surface area (Å²) < 4.78 is 23.2. The zero-order chi connectivity index (χ0) is 17.7. The first-order valence-corrected chi connectivity index (χ1v) is 9.83. The monoisotopic (exact) mass is 348 g/mol. The van der Waals surface area contributed by atoms with Crippen molar-refractivity contribution in [3.05, 3.63) is 24.7 Å². The molecular weight excluding hydrogens is 316 g/mol. The van der Waals surface area contributed by atoms with Gasteiger partial charge in [0, 0.05) is 0 Å². The van der Waals surface area contributed by atoms with Gasteiger partial charge in [-0.1, -0.05) is 13.2 Å². The van der Waals surface area contributed by atoms with Crippen molar-refractivity contribution < 1.29 is 18.9 Å². The molecule has 4 nitrogen and oxygen atoms in total. The lowest BCUT2D eigenvalue weighted by Gasteiger charge is -2.24. The molecule has 0 radical (unpaired) electrons. The van der Waals surface area contributed by atoms with E-state index in [9.17, 15) is 0 Å². The average Bonchev–Trinajstić information content (AvgIpc) is 3.43. The summed E-state index contributed by atoms with van der Waals surface area (Å²) in [7, 11) is 0. The highest BCUT2D eigenvalue weighted by Gasteiger charge is 2.56. The summed E-state index contributed by atoms with van der Waals surface area (Å²) in [6.45, 7) is 14.0. The molecular formula is C21H32O4. The molecule has 2 heterocycles. The van der Waals surface area contributed by atoms with Gasteiger partial charge in [-0.15, -0.1) is 0 Å². The average molecular weight is 348 g/mol. The molecule has 6 atom stereocenters. The Hall–Kier alpha value is -1.00. The fourth-order valence-corrected chi connectivity index (χ4v) is 4.54. The van der Waals surface area contributed by atoms with Crippen LogP contribution in [-0.2, 0) is 18.9 Å². The molecule has 4 fully saturated rings. The first-order chi connectivity index (χ1) is 11.9. The molecule has 0 aromatic rings. The fourth-order valence-electron chi connectivity index (χ4n) is 4.54. The Balaban J connectivity index is 1.09. The minimum atomic E-state index is 0.178. The van der Waals surface area contributed by atoms with Gasteiger partial charge in [0.05, 0.1) is 54.6 Å². The van der Waals surface area contributed by atoms with Crippen LogP contribution in [-0.4, -0.2) is 36.6 Å². The van der Waals surface area contributed by atoms with Crippen molar-refractivity contribution in [2.75, 3.05) is 13.2 Å². The molecule has 2 saturated heterocycles. The van der Waals surface area contributed by atoms with Crippen molar-refractivity contribution in [2.24, 2.45) is 11.8 Å². The fraction of sp³-hybridized carbons (Fsp3) is 0.810. The van der Waals surface area contributed by atoms with Crippen molar-refractivity contribution >= 4 is 0 Å². The second kappa shape index (κ2) is 6.31. The topological polar surface area (TPSA) is 43.5 Å². The molecule has 0 amide bonds. The second-order valence-electron chi connectivity index (χ2n) is 9.00. The van der Waals surface area contributed by atoms with E-state index < -0.39 is 0 Å². The quantitative estimate of drug-likeness (QED) is 0.483. The van der Waals surface area contributed by atoms with Gasteiger partial charge >= 0.3 is 0 Å². The largest absolute Gasteiger partial charge is 0.498 e. The predicted octanol–water partition coefficient (Wildman–Crippen LogP) is 4.35. The third kappa shape index (κ3) is 3.90. The van der Waals surface area contributed by atoms with Crippen LogP contribution in [0, 0.1) is 11.8 Å². The van der Waals surface area contributed by atoms with Crippen LogP contribution >= 0.6 is 0 Å². The van der Waals surface area contributed by atoms with E-state index in [-0.39, 0.29) is 11.2 Å². The predicted molar refractivity (Wildman–Crippen MR) is 96.0 cm³/mol. The minimum Gasteiger partial charge on any atom is -0.498 e. The van der Waals surface area contributed by atoms with Gasteiger partial charge in [-0.3, -0.25) is 0 Å². The molecule has 0 spiro atoms. The maximum Gasteiger partial charge on any atom is 0.0963 e. The molecule has 0 N–H and O–H groups in total. The van der Waals surface area contributed by atoms with Gasteiger partial charge < -0.3 is 18.9 Å². The van der Waals surface area contributed by atoms with E-state index in [4.69, 9.17) is 18.9 Å². The molecule has 4 heteroatoms. The van der Waals surface area contributed by atoms with Crippen molar-refractivity contribution in [3.63, 3.8) is 0 Å². The number of hydrogen-bond acceptors (Lipinski definition) is 4. The van der Waals surface area contributed by atoms with Crippen LogP contribution in [0.2, 0.25) is 0 Å². The molecule has 0 aromatic carbocycles. The number of hydrogen-bond donors (Lipinski definition) is 0. The van der Waals surface area contributed by atoms with Crippen molar-refractivity contribution in [2.45, 2.75) is 82.2 Å². The Morgan fingerprint density at radius 3 is 1.72 bits per heavy atom. The van der Waals surface area contributed by atoms with Gasteiger partial charge in [0.1, 0.15) is 0 Å². The highest BCUT2D eigenvalue weighted by atomic mass is 16.6. The zero-order valence-corrected chi connectivity index (χ0v) is 15.7. The minimum absolute atomic E-state index is 0.178. The van der Waals surface area contributed by atoms with E-state index in [2.05, 4.69) is 27.0 Å². The summed E-state index contributed by atoms with van der Waals surface area (Å²) >= 11 is 0. The molecule has 6 unspecified atom stereocenters. The van der Waals surface area contributed by atoms with Crippen LogP contribution in [0.15, 0.2) is 24.7 Å². The lowest BCUT2D eigenvalue weighted by Crippen LogP contribution is -2.24. The van der Waals surface area contributed by atoms with E-state index >= 15 is 0 Å². The Bertz CT molecular complexity index is 510. The molecule has 0 bridgehead atoms. The Morgan fingerprint density at radius 2 is 1.32 bits per heavy atom. The van der Waals surface area contributed by atoms with Crippen LogP contribution in [0.3, 0.4) is 0 Å². The van der Waals surface area contributed by atoms with Gasteiger partial charge in [0.25, 0.3) is 0 Å². The Labute approximate surface area is 151 Å². The van der Waals surface area contributed by atoms with E-state index in [0.29, 0.717) is 30.5 Å². The summed E-state index contributed by atoms with van der Waals surface area (Å²) in [6.07, 6.45) is 8.40. The first-order valence-electron chi connectivity index (χ1n) is 9.83. The number of fused-ring (bicyclic) bond motifs is 2. The molecule has 4 rings (SSSR count). The zero-order valence-electron chi connectivity index (χ0n) is 15.7. The lowest BCUT2D eigenvalue weighted by molar-refractivity contribution is 0.115. The van der Waals surface area contributed by atoms with Crippen LogP contribution < -0.4 is 0 Å². The molecule has 140 valence electrons. The first kappa shape index (κ1) is 17.4. The van der Waals surface area contributed by atoms with Crippen LogP contribution in [0.1, 0.15) is 58.8 Å². The standard InChI is InChI=1S/C21H32O4/c1-14(22-12-16-5-7-20(3)18(10-16)24-20)9-15(2)23-13-17-6-8-21(4)19(11-17)25-21/h16-19H,1-2,5-13H2,3-4H3. The smallest absolute Gasteiger partial charge is 0.0963 e. The maximum atomic E-state index is 5.87. The summed E-state index contributed by atoms with van der Waals surface area (Å²) in [4.78, 5) is 0. The number of rotatable bonds is 8. The maximum absolute atomic E-state index is 5.87. The van der Waals surface area contributed by atoms with Gasteiger partial charge in [-0.05, 0) is 64.2 Å². The third-order valence-electron chi connectivity index (χ3n) is 6.70. The summed E-state index contributed by atoms with van der Waals surface area (Å²) in [5.74, 6) is 2.69. The van der Waals surface area contributed by atoms with Crippen LogP contribution in [0.5, 0.6) is 0 Å². The molecule has 2 aliphatic carbocycles. The normalized spacial score (nSPS) is 44.2. The van der Waals surface area contributed by atoms with E-state index in [1.54, 1.807) is 0 Å². The number of ether oxygens (including phenoxy) is 4. The molecule has 25 heavy (non-hydrogen) atoms. The van der Waals surface area contributed by atoms with Crippen LogP contribution in [0.4, 0.5) is 0 Å². The van der Waals surface area contributed by atoms with Crippen molar-refractivity contribution in [1.29, 1.82) is 0 Å². The molecule has 2 aliphatic heterocycles. The number of epoxide rings is 2. The van der Waals surface area contributed by atoms with Gasteiger partial charge in [0.2, 0.25) is 0 Å². The molecule has 0 aromatic heterocycles. The molecule has 4 aliphatic rings. The van der Waals surface area contributed by atoms with E-state index in [1.807, 2.05) is 0 Å². The van der Waals surface area contributed by atoms with Crippen LogP contribution in [0.25, 0.3) is 0 Å². The summed E-state index contributed by atoms with van der Waals surface area (Å²) in [6, 6.07) is 0. The third-order valence-corrected chi connectivity index (χ3v) is 6.70. The summed E-state index contributed by atoms with van der Waals surface area (Å²) in [5.41, 5.74) is 0.357. The van der Waals surface area contributed by atoms with E-state index in [1.165, 1.54) is 12.8 Å². The lowest BCUT2D eigenvalue weighted by atomic mass is 9.83. The SMILES string of the molecule is C=C(CC(=C)OCC1CCC2(C)OC2C1)OCC1CCC2(C)OC2C1. The highest BCUT2D eigenvalue weighted by molar-refractivity contribution is 5.05.